The first-order valence-corrected chi connectivity index (χ1v) is 10.7. The van der Waals surface area contributed by atoms with Gasteiger partial charge < -0.3 is 14.7 Å². The summed E-state index contributed by atoms with van der Waals surface area (Å²) < 4.78 is 8.15. The van der Waals surface area contributed by atoms with Crippen LogP contribution in [0.4, 0.5) is 11.4 Å². The number of azo groups is 1. The monoisotopic (exact) mass is 436 g/mol. The molecule has 0 atom stereocenters. The summed E-state index contributed by atoms with van der Waals surface area (Å²) in [5.41, 5.74) is 0.849. The Bertz CT molecular complexity index is 1320. The zero-order valence-electron chi connectivity index (χ0n) is 17.7. The van der Waals surface area contributed by atoms with Gasteiger partial charge in [0.15, 0.2) is 5.75 Å². The minimum absolute atomic E-state index is 0.00831. The van der Waals surface area contributed by atoms with Crippen LogP contribution in [-0.4, -0.2) is 41.7 Å². The predicted octanol–water partition coefficient (Wildman–Crippen LogP) is 5.30. The van der Waals surface area contributed by atoms with E-state index in [1.807, 2.05) is 50.5 Å². The number of benzene rings is 3. The molecule has 0 aliphatic carbocycles. The molecule has 0 spiro atoms. The molecular weight excluding hydrogens is 412 g/mol. The van der Waals surface area contributed by atoms with Gasteiger partial charge in [0.2, 0.25) is 0 Å². The Morgan fingerprint density at radius 2 is 1.84 bits per heavy atom. The normalized spacial score (nSPS) is 11.9. The summed E-state index contributed by atoms with van der Waals surface area (Å²) in [6, 6.07) is 14.5. The van der Waals surface area contributed by atoms with E-state index in [1.54, 1.807) is 23.2 Å². The van der Waals surface area contributed by atoms with Gasteiger partial charge in [0.1, 0.15) is 11.4 Å². The molecule has 0 bridgehead atoms. The van der Waals surface area contributed by atoms with Gasteiger partial charge in [0.25, 0.3) is 5.56 Å². The molecule has 3 aromatic carbocycles. The highest BCUT2D eigenvalue weighted by Gasteiger charge is 2.12. The molecule has 160 valence electrons. The van der Waals surface area contributed by atoms with Crippen LogP contribution in [0, 0.1) is 0 Å². The molecule has 8 heteroatoms. The number of aromatic nitrogens is 1. The second kappa shape index (κ2) is 8.87. The van der Waals surface area contributed by atoms with E-state index in [4.69, 9.17) is 4.74 Å². The largest absolute Gasteiger partial charge is 0.505 e. The maximum Gasteiger partial charge on any atom is 0.268 e. The number of hydrogen-bond donors (Lipinski definition) is 1. The van der Waals surface area contributed by atoms with Crippen LogP contribution in [0.2, 0.25) is 0 Å². The molecule has 0 saturated carbocycles. The van der Waals surface area contributed by atoms with Crippen molar-refractivity contribution in [1.82, 2.24) is 8.86 Å². The van der Waals surface area contributed by atoms with Crippen molar-refractivity contribution in [2.75, 3.05) is 27.7 Å². The molecule has 31 heavy (non-hydrogen) atoms. The van der Waals surface area contributed by atoms with E-state index in [0.29, 0.717) is 34.4 Å². The Hall–Kier alpha value is -3.23. The zero-order valence-corrected chi connectivity index (χ0v) is 18.5. The number of nitrogens with zero attached hydrogens (tertiary/aromatic N) is 4. The van der Waals surface area contributed by atoms with Gasteiger partial charge in [-0.3, -0.25) is 8.75 Å². The second-order valence-corrected chi connectivity index (χ2v) is 8.59. The molecule has 0 aliphatic rings. The Balaban J connectivity index is 1.65. The molecule has 0 unspecified atom stereocenters. The van der Waals surface area contributed by atoms with Gasteiger partial charge in [-0.25, -0.2) is 0 Å². The zero-order chi connectivity index (χ0) is 22.0. The summed E-state index contributed by atoms with van der Waals surface area (Å²) in [7, 11) is 5.62. The molecular formula is C23H24N4O3S. The van der Waals surface area contributed by atoms with Crippen molar-refractivity contribution in [3.8, 4) is 11.5 Å². The van der Waals surface area contributed by atoms with Crippen molar-refractivity contribution >= 4 is 43.8 Å². The number of ether oxygens (including phenoxy) is 1. The van der Waals surface area contributed by atoms with Gasteiger partial charge in [-0.1, -0.05) is 35.8 Å². The first kappa shape index (κ1) is 21.0. The third-order valence-corrected chi connectivity index (χ3v) is 6.17. The topological polar surface area (TPSA) is 79.4 Å². The Kier molecular flexibility index (Phi) is 6.01. The molecule has 4 rings (SSSR count). The third kappa shape index (κ3) is 4.30. The van der Waals surface area contributed by atoms with E-state index in [9.17, 15) is 9.90 Å². The van der Waals surface area contributed by atoms with Crippen LogP contribution in [0.25, 0.3) is 20.9 Å². The summed E-state index contributed by atoms with van der Waals surface area (Å²) in [5, 5.41) is 21.2. The number of phenolic OH excluding ortho intramolecular Hbond substituents is 1. The molecule has 0 amide bonds. The lowest BCUT2D eigenvalue weighted by atomic mass is 10.1. The Labute approximate surface area is 184 Å². The van der Waals surface area contributed by atoms with E-state index in [1.165, 1.54) is 11.5 Å². The summed E-state index contributed by atoms with van der Waals surface area (Å²) in [4.78, 5) is 14.9. The molecule has 1 aromatic heterocycles. The molecule has 0 fully saturated rings. The molecule has 4 aromatic rings. The molecule has 0 saturated heterocycles. The minimum Gasteiger partial charge on any atom is -0.505 e. The smallest absolute Gasteiger partial charge is 0.268 e. The fourth-order valence-electron chi connectivity index (χ4n) is 3.47. The van der Waals surface area contributed by atoms with E-state index in [2.05, 4.69) is 15.1 Å². The Morgan fingerprint density at radius 1 is 1.06 bits per heavy atom. The Morgan fingerprint density at radius 3 is 2.58 bits per heavy atom. The van der Waals surface area contributed by atoms with Crippen molar-refractivity contribution in [2.45, 2.75) is 13.0 Å². The van der Waals surface area contributed by atoms with Gasteiger partial charge in [0, 0.05) is 23.4 Å². The molecule has 1 N–H and O–H groups in total. The fourth-order valence-corrected chi connectivity index (χ4v) is 4.48. The van der Waals surface area contributed by atoms with Crippen LogP contribution < -0.4 is 10.3 Å². The lowest BCUT2D eigenvalue weighted by molar-refractivity contribution is 0.389. The molecule has 7 nitrogen and oxygen atoms in total. The van der Waals surface area contributed by atoms with Crippen LogP contribution in [0.1, 0.15) is 6.42 Å². The molecule has 0 radical (unpaired) electrons. The SMILES string of the molecule is COc1cc(N=Nc2ccc3sn(CCCN(C)C)c(=O)c3c2)c(O)c2ccccc12. The standard InChI is InChI=1S/C23H24N4O3S/c1-26(2)11-6-12-27-23(29)18-13-15(9-10-21(18)31-27)24-25-19-14-20(30-3)16-7-4-5-8-17(16)22(19)28/h4-5,7-10,13-14,28H,6,11-12H2,1-3H3. The van der Waals surface area contributed by atoms with Gasteiger partial charge in [-0.2, -0.15) is 5.11 Å². The van der Waals surface area contributed by atoms with Crippen molar-refractivity contribution in [3.05, 3.63) is 58.9 Å². The van der Waals surface area contributed by atoms with E-state index in [0.717, 1.165) is 23.1 Å². The first-order chi connectivity index (χ1) is 15.0. The number of aryl methyl sites for hydroxylation is 1. The van der Waals surface area contributed by atoms with Crippen molar-refractivity contribution in [1.29, 1.82) is 0 Å². The number of hydrogen-bond acceptors (Lipinski definition) is 7. The van der Waals surface area contributed by atoms with Crippen LogP contribution in [0.3, 0.4) is 0 Å². The number of methoxy groups -OCH3 is 1. The van der Waals surface area contributed by atoms with Crippen molar-refractivity contribution in [2.24, 2.45) is 10.2 Å². The lowest BCUT2D eigenvalue weighted by Crippen LogP contribution is -2.18. The van der Waals surface area contributed by atoms with Crippen molar-refractivity contribution < 1.29 is 9.84 Å². The summed E-state index contributed by atoms with van der Waals surface area (Å²) >= 11 is 1.46. The quantitative estimate of drug-likeness (QED) is 0.399. The fraction of sp³-hybridized carbons (Fsp3) is 0.261. The van der Waals surface area contributed by atoms with Gasteiger partial charge in [0.05, 0.1) is 22.9 Å². The van der Waals surface area contributed by atoms with Gasteiger partial charge in [-0.05, 0) is 45.3 Å². The lowest BCUT2D eigenvalue weighted by Gasteiger charge is -2.09. The highest BCUT2D eigenvalue weighted by atomic mass is 32.1. The summed E-state index contributed by atoms with van der Waals surface area (Å²) in [6.07, 6.45) is 0.912. The van der Waals surface area contributed by atoms with Crippen LogP contribution >= 0.6 is 11.5 Å². The third-order valence-electron chi connectivity index (χ3n) is 5.05. The van der Waals surface area contributed by atoms with E-state index in [-0.39, 0.29) is 11.3 Å². The molecule has 1 heterocycles. The minimum atomic E-state index is -0.00831. The van der Waals surface area contributed by atoms with Crippen molar-refractivity contribution in [3.63, 3.8) is 0 Å². The summed E-state index contributed by atoms with van der Waals surface area (Å²) in [5.74, 6) is 0.649. The number of aromatic hydroxyl groups is 1. The second-order valence-electron chi connectivity index (χ2n) is 7.53. The van der Waals surface area contributed by atoms with Crippen LogP contribution in [0.5, 0.6) is 11.5 Å². The van der Waals surface area contributed by atoms with E-state index < -0.39 is 0 Å². The van der Waals surface area contributed by atoms with Gasteiger partial charge >= 0.3 is 0 Å². The van der Waals surface area contributed by atoms with E-state index >= 15 is 0 Å². The predicted molar refractivity (Wildman–Crippen MR) is 126 cm³/mol. The molecule has 0 aliphatic heterocycles. The van der Waals surface area contributed by atoms with Gasteiger partial charge in [-0.15, -0.1) is 5.11 Å². The number of fused-ring (bicyclic) bond motifs is 2. The van der Waals surface area contributed by atoms with Crippen LogP contribution in [-0.2, 0) is 6.54 Å². The first-order valence-electron chi connectivity index (χ1n) is 9.97. The number of phenols is 1. The van der Waals surface area contributed by atoms with Crippen LogP contribution in [0.15, 0.2) is 63.6 Å². The highest BCUT2D eigenvalue weighted by molar-refractivity contribution is 7.13. The summed E-state index contributed by atoms with van der Waals surface area (Å²) in [6.45, 7) is 1.62. The average Bonchev–Trinajstić information content (AvgIpc) is 3.08. The number of rotatable bonds is 7. The maximum atomic E-state index is 12.7. The highest BCUT2D eigenvalue weighted by Crippen LogP contribution is 2.41. The maximum absolute atomic E-state index is 12.7. The average molecular weight is 437 g/mol.